The van der Waals surface area contributed by atoms with Crippen LogP contribution in [0, 0.1) is 6.92 Å². The van der Waals surface area contributed by atoms with E-state index in [1.165, 1.54) is 23.1 Å². The van der Waals surface area contributed by atoms with Crippen molar-refractivity contribution < 1.29 is 5.11 Å². The second-order valence-corrected chi connectivity index (χ2v) is 5.52. The Kier molecular flexibility index (Phi) is 3.70. The Labute approximate surface area is 119 Å². The van der Waals surface area contributed by atoms with E-state index in [2.05, 4.69) is 22.4 Å². The highest BCUT2D eigenvalue weighted by Gasteiger charge is 2.19. The number of phenolic OH excluding ortho intramolecular Hbond substituents is 1. The van der Waals surface area contributed by atoms with E-state index in [-0.39, 0.29) is 0 Å². The molecule has 20 heavy (non-hydrogen) atoms. The molecular weight excluding hydrogens is 248 g/mol. The van der Waals surface area contributed by atoms with Crippen LogP contribution in [0.4, 0.5) is 0 Å². The highest BCUT2D eigenvalue weighted by atomic mass is 16.3. The number of rotatable bonds is 3. The third-order valence-electron chi connectivity index (χ3n) is 3.97. The molecule has 104 valence electrons. The summed E-state index contributed by atoms with van der Waals surface area (Å²) < 4.78 is 0. The molecule has 0 bridgehead atoms. The van der Waals surface area contributed by atoms with E-state index in [1.54, 1.807) is 6.07 Å². The largest absolute Gasteiger partial charge is 0.508 e. The summed E-state index contributed by atoms with van der Waals surface area (Å²) in [6.07, 6.45) is 5.31. The van der Waals surface area contributed by atoms with E-state index in [4.69, 9.17) is 0 Å². The van der Waals surface area contributed by atoms with Crippen LogP contribution in [0.5, 0.6) is 5.75 Å². The van der Waals surface area contributed by atoms with Crippen LogP contribution < -0.4 is 5.32 Å². The lowest BCUT2D eigenvalue weighted by Crippen LogP contribution is -2.24. The Hall–Kier alpha value is -1.87. The van der Waals surface area contributed by atoms with Crippen LogP contribution in [-0.2, 0) is 13.0 Å². The first-order valence-electron chi connectivity index (χ1n) is 7.19. The molecule has 0 aliphatic heterocycles. The predicted molar refractivity (Wildman–Crippen MR) is 79.6 cm³/mol. The normalized spacial score (nSPS) is 17.8. The van der Waals surface area contributed by atoms with Gasteiger partial charge in [0.15, 0.2) is 0 Å². The summed E-state index contributed by atoms with van der Waals surface area (Å²) in [4.78, 5) is 4.33. The molecule has 1 aromatic heterocycles. The fourth-order valence-corrected chi connectivity index (χ4v) is 2.86. The molecule has 0 fully saturated rings. The minimum Gasteiger partial charge on any atom is -0.508 e. The highest BCUT2D eigenvalue weighted by molar-refractivity contribution is 5.38. The van der Waals surface area contributed by atoms with E-state index < -0.39 is 0 Å². The van der Waals surface area contributed by atoms with Crippen molar-refractivity contribution in [2.75, 3.05) is 0 Å². The molecule has 1 aromatic carbocycles. The number of phenols is 1. The molecule has 2 aromatic rings. The fraction of sp³-hybridized carbons (Fsp3) is 0.353. The van der Waals surface area contributed by atoms with Crippen molar-refractivity contribution in [2.45, 2.75) is 38.8 Å². The zero-order valence-electron chi connectivity index (χ0n) is 11.8. The minimum atomic E-state index is 0.368. The maximum absolute atomic E-state index is 9.58. The van der Waals surface area contributed by atoms with E-state index in [0.717, 1.165) is 25.1 Å². The smallest absolute Gasteiger partial charge is 0.115 e. The molecule has 0 saturated carbocycles. The number of aromatic nitrogens is 1. The van der Waals surface area contributed by atoms with E-state index in [1.807, 2.05) is 25.3 Å². The van der Waals surface area contributed by atoms with E-state index in [9.17, 15) is 5.11 Å². The van der Waals surface area contributed by atoms with Crippen molar-refractivity contribution in [3.05, 3.63) is 58.9 Å². The van der Waals surface area contributed by atoms with Crippen LogP contribution in [0.15, 0.2) is 36.5 Å². The van der Waals surface area contributed by atoms with Gasteiger partial charge < -0.3 is 10.4 Å². The van der Waals surface area contributed by atoms with Gasteiger partial charge >= 0.3 is 0 Å². The van der Waals surface area contributed by atoms with Gasteiger partial charge in [-0.25, -0.2) is 0 Å². The molecule has 1 atom stereocenters. The van der Waals surface area contributed by atoms with Gasteiger partial charge in [-0.2, -0.15) is 0 Å². The Balaban J connectivity index is 1.71. The van der Waals surface area contributed by atoms with E-state index in [0.29, 0.717) is 11.8 Å². The Morgan fingerprint density at radius 1 is 1.30 bits per heavy atom. The number of pyridine rings is 1. The van der Waals surface area contributed by atoms with Gasteiger partial charge in [0.25, 0.3) is 0 Å². The summed E-state index contributed by atoms with van der Waals surface area (Å²) in [6.45, 7) is 2.83. The maximum atomic E-state index is 9.58. The number of benzene rings is 1. The molecule has 1 aliphatic rings. The molecule has 0 amide bonds. The Morgan fingerprint density at radius 2 is 2.20 bits per heavy atom. The summed E-state index contributed by atoms with van der Waals surface area (Å²) in [5.74, 6) is 0.368. The van der Waals surface area contributed by atoms with Gasteiger partial charge in [-0.15, -0.1) is 0 Å². The monoisotopic (exact) mass is 268 g/mol. The van der Waals surface area contributed by atoms with Gasteiger partial charge in [0.05, 0.1) is 0 Å². The summed E-state index contributed by atoms with van der Waals surface area (Å²) in [5, 5.41) is 13.2. The third-order valence-corrected chi connectivity index (χ3v) is 3.97. The molecule has 1 heterocycles. The molecular formula is C17H20N2O. The standard InChI is InChI=1S/C17H20N2O/c1-12-5-6-13(10-18-12)11-19-17-4-2-3-14-9-15(20)7-8-16(14)17/h5-10,17,19-20H,2-4,11H2,1H3. The number of fused-ring (bicyclic) bond motifs is 1. The number of hydrogen-bond acceptors (Lipinski definition) is 3. The predicted octanol–water partition coefficient (Wildman–Crippen LogP) is 3.26. The molecule has 3 heteroatoms. The van der Waals surface area contributed by atoms with Crippen molar-refractivity contribution in [1.82, 2.24) is 10.3 Å². The van der Waals surface area contributed by atoms with Crippen LogP contribution in [0.2, 0.25) is 0 Å². The van der Waals surface area contributed by atoms with Gasteiger partial charge in [-0.3, -0.25) is 4.98 Å². The van der Waals surface area contributed by atoms with Crippen LogP contribution in [0.25, 0.3) is 0 Å². The summed E-state index contributed by atoms with van der Waals surface area (Å²) >= 11 is 0. The number of nitrogens with zero attached hydrogens (tertiary/aromatic N) is 1. The first kappa shape index (κ1) is 13.1. The second-order valence-electron chi connectivity index (χ2n) is 5.52. The fourth-order valence-electron chi connectivity index (χ4n) is 2.86. The van der Waals surface area contributed by atoms with Crippen molar-refractivity contribution in [1.29, 1.82) is 0 Å². The Morgan fingerprint density at radius 3 is 3.00 bits per heavy atom. The molecule has 1 aliphatic carbocycles. The SMILES string of the molecule is Cc1ccc(CNC2CCCc3cc(O)ccc32)cn1. The molecule has 0 saturated heterocycles. The molecule has 0 spiro atoms. The second kappa shape index (κ2) is 5.63. The van der Waals surface area contributed by atoms with Crippen LogP contribution >= 0.6 is 0 Å². The number of hydrogen-bond donors (Lipinski definition) is 2. The highest BCUT2D eigenvalue weighted by Crippen LogP contribution is 2.32. The van der Waals surface area contributed by atoms with Gasteiger partial charge in [0.2, 0.25) is 0 Å². The van der Waals surface area contributed by atoms with Crippen molar-refractivity contribution >= 4 is 0 Å². The van der Waals surface area contributed by atoms with Crippen LogP contribution in [-0.4, -0.2) is 10.1 Å². The first-order chi connectivity index (χ1) is 9.72. The van der Waals surface area contributed by atoms with Crippen molar-refractivity contribution in [2.24, 2.45) is 0 Å². The molecule has 0 radical (unpaired) electrons. The lowest BCUT2D eigenvalue weighted by atomic mass is 9.87. The topological polar surface area (TPSA) is 45.1 Å². The zero-order valence-corrected chi connectivity index (χ0v) is 11.8. The molecule has 3 nitrogen and oxygen atoms in total. The maximum Gasteiger partial charge on any atom is 0.115 e. The van der Waals surface area contributed by atoms with Crippen molar-refractivity contribution in [3.8, 4) is 5.75 Å². The quantitative estimate of drug-likeness (QED) is 0.898. The summed E-state index contributed by atoms with van der Waals surface area (Å²) in [5.41, 5.74) is 4.86. The van der Waals surface area contributed by atoms with Crippen LogP contribution in [0.1, 0.15) is 41.3 Å². The number of aryl methyl sites for hydroxylation is 2. The van der Waals surface area contributed by atoms with Gasteiger partial charge in [-0.05, 0) is 61.1 Å². The third kappa shape index (κ3) is 2.83. The molecule has 2 N–H and O–H groups in total. The minimum absolute atomic E-state index is 0.368. The van der Waals surface area contributed by atoms with Crippen LogP contribution in [0.3, 0.4) is 0 Å². The average molecular weight is 268 g/mol. The lowest BCUT2D eigenvalue weighted by molar-refractivity contribution is 0.449. The summed E-state index contributed by atoms with van der Waals surface area (Å²) in [6, 6.07) is 10.3. The van der Waals surface area contributed by atoms with Gasteiger partial charge in [-0.1, -0.05) is 12.1 Å². The van der Waals surface area contributed by atoms with E-state index >= 15 is 0 Å². The van der Waals surface area contributed by atoms with Gasteiger partial charge in [0.1, 0.15) is 5.75 Å². The van der Waals surface area contributed by atoms with Gasteiger partial charge in [0, 0.05) is 24.5 Å². The molecule has 1 unspecified atom stereocenters. The number of nitrogens with one attached hydrogen (secondary N) is 1. The summed E-state index contributed by atoms with van der Waals surface area (Å²) in [7, 11) is 0. The molecule has 3 rings (SSSR count). The average Bonchev–Trinajstić information content (AvgIpc) is 2.46. The Bertz CT molecular complexity index is 592. The first-order valence-corrected chi connectivity index (χ1v) is 7.19. The number of aromatic hydroxyl groups is 1. The lowest BCUT2D eigenvalue weighted by Gasteiger charge is -2.26. The zero-order chi connectivity index (χ0) is 13.9. The van der Waals surface area contributed by atoms with Crippen molar-refractivity contribution in [3.63, 3.8) is 0 Å².